The molecule has 5 heteroatoms. The number of nitrogens with two attached hydrogens (primary N) is 1. The Morgan fingerprint density at radius 2 is 1.89 bits per heavy atom. The first-order valence-electron chi connectivity index (χ1n) is 6.95. The Morgan fingerprint density at radius 3 is 2.37 bits per heavy atom. The van der Waals surface area contributed by atoms with Gasteiger partial charge in [-0.3, -0.25) is 9.59 Å². The van der Waals surface area contributed by atoms with Crippen LogP contribution in [-0.2, 0) is 9.59 Å². The van der Waals surface area contributed by atoms with E-state index in [2.05, 4.69) is 11.4 Å². The van der Waals surface area contributed by atoms with Gasteiger partial charge in [-0.2, -0.15) is 5.26 Å². The van der Waals surface area contributed by atoms with E-state index in [1.807, 2.05) is 13.8 Å². The highest BCUT2D eigenvalue weighted by atomic mass is 16.2. The van der Waals surface area contributed by atoms with Gasteiger partial charge in [0.25, 0.3) is 0 Å². The van der Waals surface area contributed by atoms with Crippen LogP contribution in [0, 0.1) is 29.1 Å². The molecule has 1 unspecified atom stereocenters. The van der Waals surface area contributed by atoms with Gasteiger partial charge in [0.15, 0.2) is 0 Å². The van der Waals surface area contributed by atoms with Crippen molar-refractivity contribution in [1.82, 2.24) is 5.32 Å². The number of rotatable bonds is 5. The van der Waals surface area contributed by atoms with Crippen LogP contribution in [0.2, 0.25) is 0 Å². The maximum atomic E-state index is 12.2. The number of nitrogens with zero attached hydrogens (tertiary/aromatic N) is 1. The summed E-state index contributed by atoms with van der Waals surface area (Å²) in [5.74, 6) is -1.02. The number of carbonyl (C=O) groups is 2. The zero-order valence-corrected chi connectivity index (χ0v) is 11.7. The molecule has 0 bridgehead atoms. The lowest BCUT2D eigenvalue weighted by molar-refractivity contribution is -0.135. The number of amides is 2. The summed E-state index contributed by atoms with van der Waals surface area (Å²) in [6.07, 6.45) is 3.85. The summed E-state index contributed by atoms with van der Waals surface area (Å²) < 4.78 is 0. The van der Waals surface area contributed by atoms with Gasteiger partial charge in [0.1, 0.15) is 6.04 Å². The summed E-state index contributed by atoms with van der Waals surface area (Å²) in [7, 11) is 0. The molecule has 1 saturated carbocycles. The quantitative estimate of drug-likeness (QED) is 0.785. The fourth-order valence-corrected chi connectivity index (χ4v) is 2.68. The fraction of sp³-hybridized carbons (Fsp3) is 0.786. The molecule has 3 N–H and O–H groups in total. The molecule has 0 aliphatic heterocycles. The van der Waals surface area contributed by atoms with Gasteiger partial charge in [-0.1, -0.05) is 26.7 Å². The van der Waals surface area contributed by atoms with Crippen molar-refractivity contribution >= 4 is 11.8 Å². The highest BCUT2D eigenvalue weighted by molar-refractivity contribution is 5.87. The van der Waals surface area contributed by atoms with Crippen LogP contribution in [0.25, 0.3) is 0 Å². The van der Waals surface area contributed by atoms with E-state index in [9.17, 15) is 9.59 Å². The van der Waals surface area contributed by atoms with E-state index in [0.29, 0.717) is 25.2 Å². The van der Waals surface area contributed by atoms with Gasteiger partial charge in [0, 0.05) is 11.8 Å². The normalized spacial score (nSPS) is 24.5. The second-order valence-electron chi connectivity index (χ2n) is 5.72. The monoisotopic (exact) mass is 265 g/mol. The summed E-state index contributed by atoms with van der Waals surface area (Å²) >= 11 is 0. The molecular formula is C14H23N3O2. The van der Waals surface area contributed by atoms with Crippen molar-refractivity contribution in [2.24, 2.45) is 23.5 Å². The van der Waals surface area contributed by atoms with Crippen molar-refractivity contribution in [3.8, 4) is 6.07 Å². The summed E-state index contributed by atoms with van der Waals surface area (Å²) in [6.45, 7) is 4.01. The first-order valence-corrected chi connectivity index (χ1v) is 6.95. The lowest BCUT2D eigenvalue weighted by Gasteiger charge is -2.29. The molecular weight excluding hydrogens is 242 g/mol. The van der Waals surface area contributed by atoms with Gasteiger partial charge >= 0.3 is 0 Å². The van der Waals surface area contributed by atoms with Crippen molar-refractivity contribution in [2.45, 2.75) is 52.0 Å². The zero-order chi connectivity index (χ0) is 14.4. The third kappa shape index (κ3) is 4.55. The second-order valence-corrected chi connectivity index (χ2v) is 5.72. The molecule has 2 amide bonds. The highest BCUT2D eigenvalue weighted by Crippen LogP contribution is 2.30. The molecule has 0 aromatic rings. The van der Waals surface area contributed by atoms with Crippen LogP contribution < -0.4 is 11.1 Å². The van der Waals surface area contributed by atoms with Crippen molar-refractivity contribution in [3.63, 3.8) is 0 Å². The van der Waals surface area contributed by atoms with Crippen LogP contribution >= 0.6 is 0 Å². The standard InChI is InChI=1S/C14H23N3O2/c1-9(2)7-10(8-15)17-14(19)12-6-4-3-5-11(12)13(16)18/h9-12H,3-7H2,1-2H3,(H2,16,18)(H,17,19)/t10-,11?,12+/m0/s1. The highest BCUT2D eigenvalue weighted by Gasteiger charge is 2.35. The summed E-state index contributed by atoms with van der Waals surface area (Å²) in [4.78, 5) is 23.6. The SMILES string of the molecule is CC(C)C[C@@H](C#N)NC(=O)[C@@H]1CCCCC1C(N)=O. The van der Waals surface area contributed by atoms with Gasteiger partial charge in [-0.15, -0.1) is 0 Å². The second kappa shape index (κ2) is 7.13. The van der Waals surface area contributed by atoms with Crippen LogP contribution in [0.3, 0.4) is 0 Å². The van der Waals surface area contributed by atoms with Crippen molar-refractivity contribution in [3.05, 3.63) is 0 Å². The van der Waals surface area contributed by atoms with Crippen LogP contribution in [0.1, 0.15) is 46.0 Å². The smallest absolute Gasteiger partial charge is 0.224 e. The first kappa shape index (κ1) is 15.5. The average Bonchev–Trinajstić information content (AvgIpc) is 2.37. The molecule has 0 aromatic heterocycles. The zero-order valence-electron chi connectivity index (χ0n) is 11.7. The lowest BCUT2D eigenvalue weighted by Crippen LogP contribution is -2.45. The molecule has 0 heterocycles. The van der Waals surface area contributed by atoms with Gasteiger partial charge in [0.2, 0.25) is 11.8 Å². The van der Waals surface area contributed by atoms with Crippen LogP contribution in [0.5, 0.6) is 0 Å². The minimum atomic E-state index is -0.483. The molecule has 1 rings (SSSR count). The summed E-state index contributed by atoms with van der Waals surface area (Å²) in [6, 6.07) is 1.62. The van der Waals surface area contributed by atoms with Crippen molar-refractivity contribution in [2.75, 3.05) is 0 Å². The number of nitrogens with one attached hydrogen (secondary N) is 1. The molecule has 1 fully saturated rings. The van der Waals surface area contributed by atoms with Gasteiger partial charge in [0.05, 0.1) is 6.07 Å². The Kier molecular flexibility index (Phi) is 5.81. The number of hydrogen-bond acceptors (Lipinski definition) is 3. The van der Waals surface area contributed by atoms with Crippen molar-refractivity contribution in [1.29, 1.82) is 5.26 Å². The summed E-state index contributed by atoms with van der Waals surface area (Å²) in [5, 5.41) is 11.8. The topological polar surface area (TPSA) is 96.0 Å². The maximum Gasteiger partial charge on any atom is 0.224 e. The van der Waals surface area contributed by atoms with E-state index in [-0.39, 0.29) is 17.7 Å². The minimum Gasteiger partial charge on any atom is -0.369 e. The lowest BCUT2D eigenvalue weighted by atomic mass is 9.78. The molecule has 3 atom stereocenters. The van der Waals surface area contributed by atoms with Gasteiger partial charge in [-0.25, -0.2) is 0 Å². The van der Waals surface area contributed by atoms with E-state index >= 15 is 0 Å². The molecule has 0 saturated heterocycles. The van der Waals surface area contributed by atoms with E-state index in [1.54, 1.807) is 0 Å². The van der Waals surface area contributed by atoms with E-state index in [4.69, 9.17) is 11.0 Å². The van der Waals surface area contributed by atoms with Crippen LogP contribution in [0.4, 0.5) is 0 Å². The molecule has 0 spiro atoms. The van der Waals surface area contributed by atoms with E-state index in [1.165, 1.54) is 0 Å². The largest absolute Gasteiger partial charge is 0.369 e. The Bertz CT molecular complexity index is 373. The molecule has 19 heavy (non-hydrogen) atoms. The predicted octanol–water partition coefficient (Wildman–Crippen LogP) is 1.33. The molecule has 1 aliphatic carbocycles. The first-order chi connectivity index (χ1) is 8.95. The number of carbonyl (C=O) groups excluding carboxylic acids is 2. The molecule has 0 radical (unpaired) electrons. The third-order valence-electron chi connectivity index (χ3n) is 3.65. The molecule has 5 nitrogen and oxygen atoms in total. The van der Waals surface area contributed by atoms with Crippen molar-refractivity contribution < 1.29 is 9.59 Å². The van der Waals surface area contributed by atoms with E-state index < -0.39 is 11.9 Å². The fourth-order valence-electron chi connectivity index (χ4n) is 2.68. The number of nitriles is 1. The maximum absolute atomic E-state index is 12.2. The Morgan fingerprint density at radius 1 is 1.32 bits per heavy atom. The molecule has 106 valence electrons. The Labute approximate surface area is 114 Å². The Hall–Kier alpha value is -1.57. The van der Waals surface area contributed by atoms with E-state index in [0.717, 1.165) is 12.8 Å². The number of primary amides is 1. The minimum absolute atomic E-state index is 0.198. The third-order valence-corrected chi connectivity index (χ3v) is 3.65. The Balaban J connectivity index is 2.64. The predicted molar refractivity (Wildman–Crippen MR) is 71.6 cm³/mol. The summed E-state index contributed by atoms with van der Waals surface area (Å²) in [5.41, 5.74) is 5.36. The molecule has 0 aromatic carbocycles. The van der Waals surface area contributed by atoms with Gasteiger partial charge in [-0.05, 0) is 25.2 Å². The number of hydrogen-bond donors (Lipinski definition) is 2. The van der Waals surface area contributed by atoms with Gasteiger partial charge < -0.3 is 11.1 Å². The van der Waals surface area contributed by atoms with Crippen LogP contribution in [-0.4, -0.2) is 17.9 Å². The average molecular weight is 265 g/mol. The molecule has 1 aliphatic rings. The van der Waals surface area contributed by atoms with Crippen LogP contribution in [0.15, 0.2) is 0 Å².